The van der Waals surface area contributed by atoms with Gasteiger partial charge in [-0.3, -0.25) is 4.79 Å². The minimum absolute atomic E-state index is 0.219. The van der Waals surface area contributed by atoms with Crippen LogP contribution in [0.4, 0.5) is 4.79 Å². The summed E-state index contributed by atoms with van der Waals surface area (Å²) < 4.78 is 5.19. The Labute approximate surface area is 95.4 Å². The predicted octanol–water partition coefficient (Wildman–Crippen LogP) is 1.72. The van der Waals surface area contributed by atoms with E-state index in [1.165, 1.54) is 4.90 Å². The van der Waals surface area contributed by atoms with E-state index in [9.17, 15) is 9.59 Å². The fourth-order valence-electron chi connectivity index (χ4n) is 1.62. The van der Waals surface area contributed by atoms with Crippen LogP contribution in [0.2, 0.25) is 0 Å². The summed E-state index contributed by atoms with van der Waals surface area (Å²) in [6, 6.07) is 0. The first-order chi connectivity index (χ1) is 7.14. The molecule has 0 aromatic carbocycles. The molecule has 0 radical (unpaired) electrons. The molecule has 16 heavy (non-hydrogen) atoms. The van der Waals surface area contributed by atoms with E-state index in [1.807, 2.05) is 0 Å². The summed E-state index contributed by atoms with van der Waals surface area (Å²) in [7, 11) is 0. The zero-order chi connectivity index (χ0) is 12.6. The van der Waals surface area contributed by atoms with Crippen LogP contribution in [0.15, 0.2) is 0 Å². The molecule has 1 amide bonds. The molecular formula is C11H19NO4. The van der Waals surface area contributed by atoms with E-state index in [2.05, 4.69) is 0 Å². The van der Waals surface area contributed by atoms with Crippen molar-refractivity contribution in [1.82, 2.24) is 4.90 Å². The van der Waals surface area contributed by atoms with E-state index in [0.717, 1.165) is 0 Å². The van der Waals surface area contributed by atoms with Crippen molar-refractivity contribution in [3.63, 3.8) is 0 Å². The molecule has 0 aromatic rings. The Morgan fingerprint density at radius 1 is 1.38 bits per heavy atom. The maximum absolute atomic E-state index is 11.7. The van der Waals surface area contributed by atoms with Crippen molar-refractivity contribution in [2.45, 2.75) is 39.7 Å². The van der Waals surface area contributed by atoms with Gasteiger partial charge in [-0.2, -0.15) is 0 Å². The molecule has 0 aromatic heterocycles. The van der Waals surface area contributed by atoms with E-state index in [0.29, 0.717) is 13.0 Å². The Bertz CT molecular complexity index is 308. The molecule has 0 bridgehead atoms. The average Bonchev–Trinajstić information content (AvgIpc) is 2.46. The molecule has 1 rings (SSSR count). The largest absolute Gasteiger partial charge is 0.481 e. The molecule has 1 unspecified atom stereocenters. The van der Waals surface area contributed by atoms with Gasteiger partial charge in [0.2, 0.25) is 0 Å². The van der Waals surface area contributed by atoms with Crippen molar-refractivity contribution in [2.75, 3.05) is 13.1 Å². The lowest BCUT2D eigenvalue weighted by atomic mass is 9.90. The Morgan fingerprint density at radius 2 is 1.94 bits per heavy atom. The van der Waals surface area contributed by atoms with Crippen LogP contribution in [0, 0.1) is 5.41 Å². The Balaban J connectivity index is 2.60. The van der Waals surface area contributed by atoms with Crippen molar-refractivity contribution in [3.8, 4) is 0 Å². The number of likely N-dealkylation sites (tertiary alicyclic amines) is 1. The number of carbonyl (C=O) groups excluding carboxylic acids is 1. The average molecular weight is 229 g/mol. The second-order valence-electron chi connectivity index (χ2n) is 5.52. The van der Waals surface area contributed by atoms with Crippen LogP contribution in [0.25, 0.3) is 0 Å². The number of carboxylic acid groups (broad SMARTS) is 1. The normalized spacial score (nSPS) is 25.6. The monoisotopic (exact) mass is 229 g/mol. The second kappa shape index (κ2) is 3.96. The molecule has 1 fully saturated rings. The van der Waals surface area contributed by atoms with E-state index >= 15 is 0 Å². The van der Waals surface area contributed by atoms with Gasteiger partial charge >= 0.3 is 12.1 Å². The summed E-state index contributed by atoms with van der Waals surface area (Å²) in [6.45, 7) is 7.68. The summed E-state index contributed by atoms with van der Waals surface area (Å²) in [5, 5.41) is 9.03. The highest BCUT2D eigenvalue weighted by Gasteiger charge is 2.43. The maximum Gasteiger partial charge on any atom is 0.410 e. The van der Waals surface area contributed by atoms with Crippen LogP contribution >= 0.6 is 0 Å². The van der Waals surface area contributed by atoms with Gasteiger partial charge in [0.05, 0.1) is 5.41 Å². The van der Waals surface area contributed by atoms with Crippen LogP contribution in [0.3, 0.4) is 0 Å². The maximum atomic E-state index is 11.7. The summed E-state index contributed by atoms with van der Waals surface area (Å²) >= 11 is 0. The number of carboxylic acids is 1. The van der Waals surface area contributed by atoms with Crippen LogP contribution in [-0.4, -0.2) is 40.8 Å². The van der Waals surface area contributed by atoms with Gasteiger partial charge in [-0.05, 0) is 34.1 Å². The third-order valence-electron chi connectivity index (χ3n) is 2.64. The van der Waals surface area contributed by atoms with Gasteiger partial charge in [-0.25, -0.2) is 4.79 Å². The molecule has 92 valence electrons. The lowest BCUT2D eigenvalue weighted by Crippen LogP contribution is -2.38. The summed E-state index contributed by atoms with van der Waals surface area (Å²) in [5.74, 6) is -0.862. The first-order valence-electron chi connectivity index (χ1n) is 5.35. The topological polar surface area (TPSA) is 66.8 Å². The SMILES string of the molecule is CC(C)(C)OC(=O)N1CCC(C)(C(=O)O)C1. The van der Waals surface area contributed by atoms with Crippen molar-refractivity contribution in [2.24, 2.45) is 5.41 Å². The third kappa shape index (κ3) is 2.87. The van der Waals surface area contributed by atoms with Crippen LogP contribution in [-0.2, 0) is 9.53 Å². The number of rotatable bonds is 1. The molecule has 1 N–H and O–H groups in total. The number of ether oxygens (including phenoxy) is 1. The van der Waals surface area contributed by atoms with E-state index in [1.54, 1.807) is 27.7 Å². The first-order valence-corrected chi connectivity index (χ1v) is 5.35. The molecule has 0 spiro atoms. The van der Waals surface area contributed by atoms with Crippen molar-refractivity contribution < 1.29 is 19.4 Å². The first kappa shape index (κ1) is 12.8. The number of amides is 1. The van der Waals surface area contributed by atoms with E-state index < -0.39 is 23.1 Å². The quantitative estimate of drug-likeness (QED) is 0.743. The van der Waals surface area contributed by atoms with Gasteiger partial charge in [0.15, 0.2) is 0 Å². The van der Waals surface area contributed by atoms with Gasteiger partial charge in [0.1, 0.15) is 5.60 Å². The fourth-order valence-corrected chi connectivity index (χ4v) is 1.62. The highest BCUT2D eigenvalue weighted by atomic mass is 16.6. The lowest BCUT2D eigenvalue weighted by Gasteiger charge is -2.25. The molecule has 1 aliphatic heterocycles. The fraction of sp³-hybridized carbons (Fsp3) is 0.818. The standard InChI is InChI=1S/C11H19NO4/c1-10(2,3)16-9(15)12-6-5-11(4,7-12)8(13)14/h5-7H2,1-4H3,(H,13,14). The molecule has 5 heteroatoms. The molecule has 0 aliphatic carbocycles. The van der Waals surface area contributed by atoms with Crippen molar-refractivity contribution >= 4 is 12.1 Å². The zero-order valence-corrected chi connectivity index (χ0v) is 10.2. The van der Waals surface area contributed by atoms with E-state index in [-0.39, 0.29) is 6.54 Å². The molecule has 0 saturated carbocycles. The van der Waals surface area contributed by atoms with Crippen molar-refractivity contribution in [1.29, 1.82) is 0 Å². The van der Waals surface area contributed by atoms with Gasteiger partial charge in [-0.15, -0.1) is 0 Å². The second-order valence-corrected chi connectivity index (χ2v) is 5.52. The van der Waals surface area contributed by atoms with E-state index in [4.69, 9.17) is 9.84 Å². The van der Waals surface area contributed by atoms with Crippen LogP contribution in [0.5, 0.6) is 0 Å². The van der Waals surface area contributed by atoms with Crippen LogP contribution in [0.1, 0.15) is 34.1 Å². The molecule has 5 nitrogen and oxygen atoms in total. The molecular weight excluding hydrogens is 210 g/mol. The van der Waals surface area contributed by atoms with Crippen molar-refractivity contribution in [3.05, 3.63) is 0 Å². The molecule has 1 aliphatic rings. The minimum atomic E-state index is -0.862. The molecule has 1 atom stereocenters. The number of hydrogen-bond acceptors (Lipinski definition) is 3. The predicted molar refractivity (Wildman–Crippen MR) is 58.2 cm³/mol. The lowest BCUT2D eigenvalue weighted by molar-refractivity contribution is -0.147. The van der Waals surface area contributed by atoms with Gasteiger partial charge in [-0.1, -0.05) is 0 Å². The number of aliphatic carboxylic acids is 1. The minimum Gasteiger partial charge on any atom is -0.481 e. The smallest absolute Gasteiger partial charge is 0.410 e. The summed E-state index contributed by atoms with van der Waals surface area (Å²) in [6.07, 6.45) is 0.0409. The zero-order valence-electron chi connectivity index (χ0n) is 10.2. The molecule has 1 saturated heterocycles. The van der Waals surface area contributed by atoms with Gasteiger partial charge in [0, 0.05) is 13.1 Å². The van der Waals surface area contributed by atoms with Crippen LogP contribution < -0.4 is 0 Å². The Kier molecular flexibility index (Phi) is 3.17. The number of hydrogen-bond donors (Lipinski definition) is 1. The van der Waals surface area contributed by atoms with Gasteiger partial charge < -0.3 is 14.7 Å². The van der Waals surface area contributed by atoms with Gasteiger partial charge in [0.25, 0.3) is 0 Å². The highest BCUT2D eigenvalue weighted by Crippen LogP contribution is 2.30. The summed E-state index contributed by atoms with van der Waals surface area (Å²) in [4.78, 5) is 24.1. The summed E-state index contributed by atoms with van der Waals surface area (Å²) in [5.41, 5.74) is -1.38. The number of nitrogens with zero attached hydrogens (tertiary/aromatic N) is 1. The Hall–Kier alpha value is -1.26. The highest BCUT2D eigenvalue weighted by molar-refractivity contribution is 5.77. The Morgan fingerprint density at radius 3 is 2.31 bits per heavy atom. The number of carbonyl (C=O) groups is 2. The molecule has 1 heterocycles. The third-order valence-corrected chi connectivity index (χ3v) is 2.64.